The van der Waals surface area contributed by atoms with E-state index in [4.69, 9.17) is 8.53 Å². The summed E-state index contributed by atoms with van der Waals surface area (Å²) in [7, 11) is 0. The third-order valence-electron chi connectivity index (χ3n) is 8.33. The average molecular weight is 899 g/mol. The topological polar surface area (TPSA) is 38.9 Å². The minimum Gasteiger partial charge on any atom is 0 e. The van der Waals surface area contributed by atoms with Gasteiger partial charge >= 0.3 is 99.8 Å². The first-order chi connectivity index (χ1) is 24.4. The van der Waals surface area contributed by atoms with E-state index in [1.165, 1.54) is 4.40 Å². The molecule has 0 atom stereocenters. The van der Waals surface area contributed by atoms with Gasteiger partial charge in [0.15, 0.2) is 0 Å². The van der Waals surface area contributed by atoms with E-state index in [1.807, 2.05) is 101 Å². The van der Waals surface area contributed by atoms with Crippen LogP contribution >= 0.6 is 0 Å². The van der Waals surface area contributed by atoms with E-state index in [9.17, 15) is 0 Å². The van der Waals surface area contributed by atoms with Crippen molar-refractivity contribution in [1.82, 2.24) is 9.97 Å². The molecule has 3 aromatic heterocycles. The zero-order valence-electron chi connectivity index (χ0n) is 33.1. The van der Waals surface area contributed by atoms with E-state index in [0.717, 1.165) is 44.3 Å². The van der Waals surface area contributed by atoms with Crippen LogP contribution in [0.25, 0.3) is 55.6 Å². The third kappa shape index (κ3) is 8.72. The van der Waals surface area contributed by atoms with Gasteiger partial charge in [-0.3, -0.25) is 0 Å². The zero-order valence-corrected chi connectivity index (χ0v) is 34.6. The molecule has 0 aliphatic heterocycles. The molecule has 5 heteroatoms. The van der Waals surface area contributed by atoms with Gasteiger partial charge in [-0.25, -0.2) is 0 Å². The largest absolute Gasteiger partial charge is 0 e. The Morgan fingerprint density at radius 2 is 1.58 bits per heavy atom. The number of aromatic nitrogens is 2. The van der Waals surface area contributed by atoms with Crippen LogP contribution in [0, 0.1) is 17.5 Å². The van der Waals surface area contributed by atoms with Crippen molar-refractivity contribution in [3.8, 4) is 33.6 Å². The Bertz CT molecular complexity index is 2320. The molecular weight excluding hydrogens is 849 g/mol. The van der Waals surface area contributed by atoms with Gasteiger partial charge in [0.05, 0.1) is 5.58 Å². The van der Waals surface area contributed by atoms with Gasteiger partial charge < -0.3 is 9.40 Å². The van der Waals surface area contributed by atoms with Gasteiger partial charge in [0.1, 0.15) is 5.58 Å². The van der Waals surface area contributed by atoms with Crippen LogP contribution in [0.2, 0.25) is 17.3 Å². The zero-order chi connectivity index (χ0) is 37.5. The molecule has 7 rings (SSSR count). The van der Waals surface area contributed by atoms with Gasteiger partial charge in [0, 0.05) is 41.4 Å². The molecule has 3 nitrogen and oxygen atoms in total. The second-order valence-corrected chi connectivity index (χ2v) is 25.4. The maximum absolute atomic E-state index is 8.91. The van der Waals surface area contributed by atoms with Crippen LogP contribution in [0.15, 0.2) is 120 Å². The fourth-order valence-electron chi connectivity index (χ4n) is 5.92. The summed E-state index contributed by atoms with van der Waals surface area (Å²) in [5.41, 5.74) is 7.85. The second-order valence-electron chi connectivity index (χ2n) is 14.7. The first kappa shape index (κ1) is 33.3. The number of hydrogen-bond acceptors (Lipinski definition) is 3. The molecule has 0 spiro atoms. The molecule has 0 N–H and O–H groups in total. The summed E-state index contributed by atoms with van der Waals surface area (Å²) in [6.07, 6.45) is 2.18. The van der Waals surface area contributed by atoms with Crippen LogP contribution < -0.4 is 4.40 Å². The van der Waals surface area contributed by atoms with Gasteiger partial charge in [0.2, 0.25) is 0 Å². The minimum atomic E-state index is -1.72. The molecule has 0 saturated heterocycles. The molecule has 3 heterocycles. The van der Waals surface area contributed by atoms with Gasteiger partial charge in [-0.2, -0.15) is 0 Å². The van der Waals surface area contributed by atoms with Crippen molar-refractivity contribution in [2.75, 3.05) is 0 Å². The van der Waals surface area contributed by atoms with Gasteiger partial charge in [0.25, 0.3) is 0 Å². The van der Waals surface area contributed by atoms with Crippen LogP contribution in [-0.2, 0) is 26.5 Å². The molecule has 4 aromatic carbocycles. The molecule has 0 aliphatic rings. The Labute approximate surface area is 318 Å². The summed E-state index contributed by atoms with van der Waals surface area (Å²) >= 11 is -1.72. The van der Waals surface area contributed by atoms with E-state index in [0.29, 0.717) is 22.4 Å². The number of rotatable bonds is 6. The Morgan fingerprint density at radius 1 is 0.820 bits per heavy atom. The molecule has 0 amide bonds. The predicted octanol–water partition coefficient (Wildman–Crippen LogP) is 11.9. The maximum Gasteiger partial charge on any atom is 0 e. The van der Waals surface area contributed by atoms with Crippen LogP contribution in [0.5, 0.6) is 0 Å². The summed E-state index contributed by atoms with van der Waals surface area (Å²) < 4.78 is 34.0. The van der Waals surface area contributed by atoms with Crippen molar-refractivity contribution in [3.63, 3.8) is 0 Å². The fraction of sp³-hybridized carbons (Fsp3) is 0.244. The smallest absolute Gasteiger partial charge is 0 e. The molecule has 257 valence electrons. The fourth-order valence-corrected chi connectivity index (χ4v) is 8.10. The first-order valence-electron chi connectivity index (χ1n) is 18.3. The summed E-state index contributed by atoms with van der Waals surface area (Å²) in [5, 5.41) is 1.87. The number of pyridine rings is 2. The van der Waals surface area contributed by atoms with Gasteiger partial charge in [-0.05, 0) is 40.6 Å². The average Bonchev–Trinajstić information content (AvgIpc) is 3.49. The SMILES string of the molecule is [2H]C(C)(C)c1c(-c2ccccc2)ccc2c1oc1c[c-]c(-c3cc(C([2H])([2H])C(C)(C)C)ccn3)cc12.[CH3][Ge]([CH3])([CH3])[c]1ccc(-c2[c-]cccc2)nc1.[Ir]. The van der Waals surface area contributed by atoms with Crippen molar-refractivity contribution in [2.24, 2.45) is 5.41 Å². The Kier molecular flexibility index (Phi) is 10.4. The number of hydrogen-bond donors (Lipinski definition) is 0. The van der Waals surface area contributed by atoms with E-state index in [1.54, 1.807) is 12.3 Å². The summed E-state index contributed by atoms with van der Waals surface area (Å²) in [4.78, 5) is 9.06. The molecule has 50 heavy (non-hydrogen) atoms. The van der Waals surface area contributed by atoms with Crippen molar-refractivity contribution >= 4 is 39.6 Å². The number of furan rings is 1. The molecule has 0 bridgehead atoms. The summed E-state index contributed by atoms with van der Waals surface area (Å²) in [5.74, 6) is 6.27. The quantitative estimate of drug-likeness (QED) is 0.123. The Hall–Kier alpha value is -3.83. The van der Waals surface area contributed by atoms with Crippen molar-refractivity contribution in [2.45, 2.75) is 64.2 Å². The van der Waals surface area contributed by atoms with Gasteiger partial charge in [-0.1, -0.05) is 94.1 Å². The molecule has 7 aromatic rings. The number of nitrogens with zero attached hydrogens (tertiary/aromatic N) is 2. The molecule has 0 saturated carbocycles. The van der Waals surface area contributed by atoms with Gasteiger partial charge in [-0.15, -0.1) is 23.8 Å². The summed E-state index contributed by atoms with van der Waals surface area (Å²) in [6.45, 7) is 9.48. The second kappa shape index (κ2) is 15.6. The Morgan fingerprint density at radius 3 is 2.22 bits per heavy atom. The molecule has 0 fully saturated rings. The molecule has 0 aliphatic carbocycles. The van der Waals surface area contributed by atoms with Crippen LogP contribution in [0.1, 0.15) is 55.8 Å². The number of fused-ring (bicyclic) bond motifs is 3. The predicted molar refractivity (Wildman–Crippen MR) is 210 cm³/mol. The van der Waals surface area contributed by atoms with Crippen LogP contribution in [0.3, 0.4) is 0 Å². The molecular formula is C45H46GeIrN2O-2. The third-order valence-corrected chi connectivity index (χ3v) is 12.6. The normalized spacial score (nSPS) is 13.1. The first-order valence-corrected chi connectivity index (χ1v) is 24.2. The van der Waals surface area contributed by atoms with Crippen molar-refractivity contribution < 1.29 is 28.6 Å². The minimum absolute atomic E-state index is 0. The molecule has 1 radical (unpaired) electrons. The van der Waals surface area contributed by atoms with E-state index in [-0.39, 0.29) is 20.1 Å². The van der Waals surface area contributed by atoms with Crippen molar-refractivity contribution in [1.29, 1.82) is 0 Å². The standard InChI is InChI=1S/C31H30NO.C14H16GeN.Ir/c1-20(2)29-24(22-9-7-6-8-10-22)12-13-25-26-18-23(11-14-28(26)33-30(25)29)27-17-21(15-16-32-27)19-31(3,4)5;1-15(2,3)13-9-10-14(16-11-13)12-7-5-4-6-8-12;/h6-10,12-18,20H,19H2,1-5H3;4-7,9-11H,1-3H3;/q2*-1;/i19D2,20D;;. The Balaban J connectivity index is 0.000000267. The maximum atomic E-state index is 8.91. The number of benzene rings is 4. The van der Waals surface area contributed by atoms with Crippen LogP contribution in [-0.4, -0.2) is 23.2 Å². The van der Waals surface area contributed by atoms with Crippen LogP contribution in [0.4, 0.5) is 0 Å². The molecule has 0 unspecified atom stereocenters. The van der Waals surface area contributed by atoms with E-state index in [2.05, 4.69) is 75.8 Å². The van der Waals surface area contributed by atoms with E-state index >= 15 is 0 Å². The summed E-state index contributed by atoms with van der Waals surface area (Å²) in [6, 6.07) is 40.4. The van der Waals surface area contributed by atoms with E-state index < -0.39 is 30.9 Å². The monoisotopic (exact) mass is 900 g/mol. The van der Waals surface area contributed by atoms with Crippen molar-refractivity contribution in [3.05, 3.63) is 139 Å².